The first-order valence-corrected chi connectivity index (χ1v) is 7.62. The SMILES string of the molecule is O=C(c1cn[nH]n1)N1CCCCC1C1CCCCC1O. The van der Waals surface area contributed by atoms with Gasteiger partial charge >= 0.3 is 0 Å². The summed E-state index contributed by atoms with van der Waals surface area (Å²) in [6.45, 7) is 0.763. The standard InChI is InChI=1S/C14H22N4O2/c19-13-7-2-1-5-10(13)12-6-3-4-8-18(12)14(20)11-9-15-17-16-11/h9-10,12-13,19H,1-8H2,(H,15,16,17). The van der Waals surface area contributed by atoms with E-state index in [9.17, 15) is 9.90 Å². The normalized spacial score (nSPS) is 31.2. The summed E-state index contributed by atoms with van der Waals surface area (Å²) in [5.74, 6) is 0.168. The van der Waals surface area contributed by atoms with Crippen molar-refractivity contribution in [3.05, 3.63) is 11.9 Å². The number of aliphatic hydroxyl groups excluding tert-OH is 1. The number of amides is 1. The minimum absolute atomic E-state index is 0.0544. The predicted octanol–water partition coefficient (Wildman–Crippen LogP) is 1.35. The number of piperidine rings is 1. The summed E-state index contributed by atoms with van der Waals surface area (Å²) >= 11 is 0. The van der Waals surface area contributed by atoms with Gasteiger partial charge in [0.1, 0.15) is 0 Å². The molecular formula is C14H22N4O2. The first kappa shape index (κ1) is 13.5. The van der Waals surface area contributed by atoms with Gasteiger partial charge in [-0.05, 0) is 32.1 Å². The van der Waals surface area contributed by atoms with Crippen molar-refractivity contribution in [3.63, 3.8) is 0 Å². The number of nitrogens with zero attached hydrogens (tertiary/aromatic N) is 3. The van der Waals surface area contributed by atoms with Crippen molar-refractivity contribution >= 4 is 5.91 Å². The molecule has 1 aromatic heterocycles. The van der Waals surface area contributed by atoms with E-state index in [1.54, 1.807) is 0 Å². The van der Waals surface area contributed by atoms with Gasteiger partial charge in [0, 0.05) is 18.5 Å². The molecule has 0 spiro atoms. The monoisotopic (exact) mass is 278 g/mol. The van der Waals surface area contributed by atoms with Crippen LogP contribution in [0.2, 0.25) is 0 Å². The quantitative estimate of drug-likeness (QED) is 0.855. The van der Waals surface area contributed by atoms with Crippen molar-refractivity contribution in [2.24, 2.45) is 5.92 Å². The lowest BCUT2D eigenvalue weighted by atomic mass is 9.78. The van der Waals surface area contributed by atoms with Crippen LogP contribution in [0.4, 0.5) is 0 Å². The molecule has 2 N–H and O–H groups in total. The first-order valence-electron chi connectivity index (χ1n) is 7.62. The Morgan fingerprint density at radius 3 is 2.80 bits per heavy atom. The van der Waals surface area contributed by atoms with Crippen LogP contribution in [0.15, 0.2) is 6.20 Å². The van der Waals surface area contributed by atoms with Gasteiger partial charge in [-0.3, -0.25) is 4.79 Å². The Bertz CT molecular complexity index is 448. The average Bonchev–Trinajstić information content (AvgIpc) is 3.01. The molecule has 6 heteroatoms. The molecule has 3 atom stereocenters. The van der Waals surface area contributed by atoms with Crippen molar-refractivity contribution < 1.29 is 9.90 Å². The van der Waals surface area contributed by atoms with Gasteiger partial charge in [0.25, 0.3) is 5.91 Å². The van der Waals surface area contributed by atoms with Gasteiger partial charge in [-0.25, -0.2) is 0 Å². The van der Waals surface area contributed by atoms with E-state index in [2.05, 4.69) is 15.4 Å². The molecule has 1 amide bonds. The molecule has 3 unspecified atom stereocenters. The largest absolute Gasteiger partial charge is 0.393 e. The maximum atomic E-state index is 12.5. The van der Waals surface area contributed by atoms with Crippen LogP contribution in [0.1, 0.15) is 55.4 Å². The summed E-state index contributed by atoms with van der Waals surface area (Å²) in [4.78, 5) is 14.5. The van der Waals surface area contributed by atoms with E-state index in [0.29, 0.717) is 5.69 Å². The molecule has 1 aliphatic carbocycles. The number of rotatable bonds is 2. The summed E-state index contributed by atoms with van der Waals surface area (Å²) in [6, 6.07) is 0.156. The van der Waals surface area contributed by atoms with Gasteiger partial charge in [0.2, 0.25) is 0 Å². The van der Waals surface area contributed by atoms with Gasteiger partial charge in [0.05, 0.1) is 12.3 Å². The van der Waals surface area contributed by atoms with Crippen LogP contribution in [0, 0.1) is 5.92 Å². The molecule has 110 valence electrons. The first-order chi connectivity index (χ1) is 9.77. The van der Waals surface area contributed by atoms with E-state index < -0.39 is 0 Å². The Labute approximate surface area is 118 Å². The zero-order valence-corrected chi connectivity index (χ0v) is 11.7. The number of carbonyl (C=O) groups excluding carboxylic acids is 1. The smallest absolute Gasteiger partial charge is 0.276 e. The second-order valence-corrected chi connectivity index (χ2v) is 5.93. The molecule has 1 aromatic rings. The molecule has 0 aromatic carbocycles. The Morgan fingerprint density at radius 2 is 2.05 bits per heavy atom. The highest BCUT2D eigenvalue weighted by atomic mass is 16.3. The number of likely N-dealkylation sites (tertiary alicyclic amines) is 1. The Hall–Kier alpha value is -1.43. The zero-order chi connectivity index (χ0) is 13.9. The fraction of sp³-hybridized carbons (Fsp3) is 0.786. The second-order valence-electron chi connectivity index (χ2n) is 5.93. The van der Waals surface area contributed by atoms with E-state index in [0.717, 1.165) is 51.5 Å². The van der Waals surface area contributed by atoms with Gasteiger partial charge in [-0.15, -0.1) is 0 Å². The van der Waals surface area contributed by atoms with Gasteiger partial charge in [0.15, 0.2) is 5.69 Å². The molecule has 0 radical (unpaired) electrons. The highest BCUT2D eigenvalue weighted by molar-refractivity contribution is 5.92. The molecule has 2 fully saturated rings. The van der Waals surface area contributed by atoms with Crippen molar-refractivity contribution in [3.8, 4) is 0 Å². The van der Waals surface area contributed by atoms with Crippen LogP contribution in [0.5, 0.6) is 0 Å². The number of carbonyl (C=O) groups is 1. The van der Waals surface area contributed by atoms with Crippen LogP contribution in [-0.2, 0) is 0 Å². The molecule has 6 nitrogen and oxygen atoms in total. The maximum absolute atomic E-state index is 12.5. The van der Waals surface area contributed by atoms with E-state index in [1.165, 1.54) is 6.20 Å². The molecule has 2 heterocycles. The highest BCUT2D eigenvalue weighted by Gasteiger charge is 2.38. The Kier molecular flexibility index (Phi) is 4.00. The second kappa shape index (κ2) is 5.91. The highest BCUT2D eigenvalue weighted by Crippen LogP contribution is 2.34. The fourth-order valence-corrected chi connectivity index (χ4v) is 3.70. The maximum Gasteiger partial charge on any atom is 0.276 e. The van der Waals surface area contributed by atoms with Crippen molar-refractivity contribution in [1.82, 2.24) is 20.3 Å². The number of aliphatic hydroxyl groups is 1. The average molecular weight is 278 g/mol. The summed E-state index contributed by atoms with van der Waals surface area (Å²) in [7, 11) is 0. The lowest BCUT2D eigenvalue weighted by Crippen LogP contribution is -2.51. The molecule has 2 aliphatic rings. The molecule has 20 heavy (non-hydrogen) atoms. The molecule has 1 saturated heterocycles. The van der Waals surface area contributed by atoms with Crippen LogP contribution in [-0.4, -0.2) is 50.0 Å². The summed E-state index contributed by atoms with van der Waals surface area (Å²) in [5, 5.41) is 20.4. The fourth-order valence-electron chi connectivity index (χ4n) is 3.70. The number of nitrogens with one attached hydrogen (secondary N) is 1. The summed E-state index contributed by atoms with van der Waals surface area (Å²) in [6.07, 6.45) is 8.52. The van der Waals surface area contributed by atoms with Crippen LogP contribution >= 0.6 is 0 Å². The lowest BCUT2D eigenvalue weighted by molar-refractivity contribution is -0.00152. The van der Waals surface area contributed by atoms with E-state index >= 15 is 0 Å². The number of aromatic nitrogens is 3. The minimum atomic E-state index is -0.264. The Morgan fingerprint density at radius 1 is 1.25 bits per heavy atom. The van der Waals surface area contributed by atoms with E-state index in [-0.39, 0.29) is 24.0 Å². The topological polar surface area (TPSA) is 82.1 Å². The van der Waals surface area contributed by atoms with Crippen molar-refractivity contribution in [2.75, 3.05) is 6.54 Å². The third-order valence-corrected chi connectivity index (χ3v) is 4.72. The van der Waals surface area contributed by atoms with Gasteiger partial charge < -0.3 is 10.0 Å². The zero-order valence-electron chi connectivity index (χ0n) is 11.7. The van der Waals surface area contributed by atoms with Crippen LogP contribution in [0.25, 0.3) is 0 Å². The molecule has 0 bridgehead atoms. The predicted molar refractivity (Wildman–Crippen MR) is 73.0 cm³/mol. The van der Waals surface area contributed by atoms with Crippen LogP contribution < -0.4 is 0 Å². The van der Waals surface area contributed by atoms with E-state index in [4.69, 9.17) is 0 Å². The summed E-state index contributed by atoms with van der Waals surface area (Å²) in [5.41, 5.74) is 0.377. The third-order valence-electron chi connectivity index (χ3n) is 4.72. The third kappa shape index (κ3) is 2.57. The number of hydrogen-bond acceptors (Lipinski definition) is 4. The number of hydrogen-bond donors (Lipinski definition) is 2. The number of H-pyrrole nitrogens is 1. The molecule has 1 aliphatic heterocycles. The molecule has 1 saturated carbocycles. The van der Waals surface area contributed by atoms with Crippen molar-refractivity contribution in [1.29, 1.82) is 0 Å². The van der Waals surface area contributed by atoms with E-state index in [1.807, 2.05) is 4.90 Å². The Balaban J connectivity index is 1.78. The van der Waals surface area contributed by atoms with Crippen molar-refractivity contribution in [2.45, 2.75) is 57.1 Å². The molecular weight excluding hydrogens is 256 g/mol. The minimum Gasteiger partial charge on any atom is -0.393 e. The molecule has 3 rings (SSSR count). The van der Waals surface area contributed by atoms with Gasteiger partial charge in [-0.2, -0.15) is 15.4 Å². The van der Waals surface area contributed by atoms with Gasteiger partial charge in [-0.1, -0.05) is 12.8 Å². The van der Waals surface area contributed by atoms with Crippen LogP contribution in [0.3, 0.4) is 0 Å². The summed E-state index contributed by atoms with van der Waals surface area (Å²) < 4.78 is 0. The number of aromatic amines is 1. The lowest BCUT2D eigenvalue weighted by Gasteiger charge is -2.43.